The molecule has 0 fully saturated rings. The third-order valence-electron chi connectivity index (χ3n) is 6.69. The number of aldehydes is 1. The van der Waals surface area contributed by atoms with Crippen molar-refractivity contribution in [3.63, 3.8) is 0 Å². The average molecular weight is 595 g/mol. The van der Waals surface area contributed by atoms with Crippen LogP contribution in [0.4, 0.5) is 17.6 Å². The van der Waals surface area contributed by atoms with Gasteiger partial charge >= 0.3 is 0 Å². The Labute approximate surface area is 251 Å². The molecule has 4 aromatic carbocycles. The van der Waals surface area contributed by atoms with Crippen molar-refractivity contribution in [2.75, 3.05) is 13.2 Å². The zero-order valence-corrected chi connectivity index (χ0v) is 24.5. The molecule has 4 rings (SSSR count). The molecule has 0 aromatic heterocycles. The van der Waals surface area contributed by atoms with Crippen molar-refractivity contribution in [1.29, 1.82) is 0 Å². The Morgan fingerprint density at radius 2 is 1.00 bits per heavy atom. The molecule has 0 spiro atoms. The molecular weight excluding hydrogens is 556 g/mol. The van der Waals surface area contributed by atoms with Crippen LogP contribution in [0.3, 0.4) is 0 Å². The minimum absolute atomic E-state index is 0.328. The van der Waals surface area contributed by atoms with Crippen LogP contribution in [-0.2, 0) is 4.79 Å². The highest BCUT2D eigenvalue weighted by molar-refractivity contribution is 5.65. The van der Waals surface area contributed by atoms with Crippen molar-refractivity contribution < 1.29 is 31.8 Å². The second-order valence-corrected chi connectivity index (χ2v) is 10.1. The summed E-state index contributed by atoms with van der Waals surface area (Å²) >= 11 is 0. The zero-order valence-electron chi connectivity index (χ0n) is 24.5. The fourth-order valence-corrected chi connectivity index (χ4v) is 4.31. The van der Waals surface area contributed by atoms with Crippen LogP contribution in [0.25, 0.3) is 22.3 Å². The Kier molecular flexibility index (Phi) is 14.3. The van der Waals surface area contributed by atoms with E-state index in [0.29, 0.717) is 53.4 Å². The molecule has 4 aromatic rings. The highest BCUT2D eigenvalue weighted by Crippen LogP contribution is 2.28. The maximum Gasteiger partial charge on any atom is 0.134 e. The Hall–Kier alpha value is -4.13. The van der Waals surface area contributed by atoms with Crippen molar-refractivity contribution in [1.82, 2.24) is 0 Å². The maximum absolute atomic E-state index is 14.1. The van der Waals surface area contributed by atoms with Gasteiger partial charge in [-0.25, -0.2) is 17.6 Å². The number of ether oxygens (including phenoxy) is 2. The SMILES string of the molecule is CCCCCCOc1ccc(-c2ccc(F)cc2)c(F)c1.O=CCCCCCOc1ccc(-c2ccc(F)cc2)c(F)c1. The van der Waals surface area contributed by atoms with Gasteiger partial charge in [-0.15, -0.1) is 0 Å². The summed E-state index contributed by atoms with van der Waals surface area (Å²) in [6.07, 6.45) is 8.56. The van der Waals surface area contributed by atoms with Gasteiger partial charge in [0.1, 0.15) is 41.1 Å². The standard InChI is InChI=1S/C18H18F2O2.C18H20F2O/c19-15-7-5-14(6-8-15)17-10-9-16(13-18(17)20)22-12-4-2-1-3-11-21;1-2-3-4-5-12-21-16-10-11-17(18(20)13-16)14-6-8-15(19)9-7-14/h5-11,13H,1-4,12H2;6-11,13H,2-5,12H2,1H3. The normalized spacial score (nSPS) is 10.5. The van der Waals surface area contributed by atoms with Crippen molar-refractivity contribution in [2.24, 2.45) is 0 Å². The zero-order chi connectivity index (χ0) is 30.9. The molecule has 0 saturated carbocycles. The second kappa shape index (κ2) is 18.4. The van der Waals surface area contributed by atoms with Crippen LogP contribution < -0.4 is 9.47 Å². The van der Waals surface area contributed by atoms with E-state index in [4.69, 9.17) is 9.47 Å². The van der Waals surface area contributed by atoms with E-state index >= 15 is 0 Å². The van der Waals surface area contributed by atoms with E-state index in [1.165, 1.54) is 49.2 Å². The van der Waals surface area contributed by atoms with Crippen LogP contribution in [-0.4, -0.2) is 19.5 Å². The first-order chi connectivity index (χ1) is 20.9. The van der Waals surface area contributed by atoms with E-state index < -0.39 is 5.82 Å². The third-order valence-corrected chi connectivity index (χ3v) is 6.69. The number of benzene rings is 4. The molecule has 0 amide bonds. The lowest BCUT2D eigenvalue weighted by Gasteiger charge is -2.09. The maximum atomic E-state index is 14.1. The van der Waals surface area contributed by atoms with Crippen molar-refractivity contribution in [2.45, 2.75) is 58.3 Å². The largest absolute Gasteiger partial charge is 0.493 e. The average Bonchev–Trinajstić information content (AvgIpc) is 3.00. The topological polar surface area (TPSA) is 35.5 Å². The van der Waals surface area contributed by atoms with Gasteiger partial charge in [0, 0.05) is 29.7 Å². The van der Waals surface area contributed by atoms with E-state index in [-0.39, 0.29) is 17.5 Å². The molecule has 0 saturated heterocycles. The van der Waals surface area contributed by atoms with Crippen molar-refractivity contribution in [3.8, 4) is 33.8 Å². The van der Waals surface area contributed by atoms with Crippen LogP contribution in [0, 0.1) is 23.3 Å². The number of carbonyl (C=O) groups is 1. The van der Waals surface area contributed by atoms with Gasteiger partial charge in [-0.2, -0.15) is 0 Å². The number of hydrogen-bond acceptors (Lipinski definition) is 3. The molecule has 43 heavy (non-hydrogen) atoms. The first-order valence-electron chi connectivity index (χ1n) is 14.7. The van der Waals surface area contributed by atoms with E-state index in [1.807, 2.05) is 0 Å². The third kappa shape index (κ3) is 11.6. The first kappa shape index (κ1) is 33.4. The highest BCUT2D eigenvalue weighted by atomic mass is 19.1. The summed E-state index contributed by atoms with van der Waals surface area (Å²) in [6.45, 7) is 3.26. The molecule has 0 heterocycles. The molecule has 0 atom stereocenters. The monoisotopic (exact) mass is 594 g/mol. The number of rotatable bonds is 15. The van der Waals surface area contributed by atoms with E-state index in [9.17, 15) is 22.4 Å². The predicted molar refractivity (Wildman–Crippen MR) is 163 cm³/mol. The number of hydrogen-bond donors (Lipinski definition) is 0. The molecule has 0 bridgehead atoms. The van der Waals surface area contributed by atoms with Gasteiger partial charge in [-0.3, -0.25) is 0 Å². The highest BCUT2D eigenvalue weighted by Gasteiger charge is 2.08. The Bertz CT molecular complexity index is 1390. The molecule has 0 aliphatic carbocycles. The van der Waals surface area contributed by atoms with E-state index in [0.717, 1.165) is 38.4 Å². The summed E-state index contributed by atoms with van der Waals surface area (Å²) in [5, 5.41) is 0. The number of halogens is 4. The fourth-order valence-electron chi connectivity index (χ4n) is 4.31. The molecule has 0 aliphatic heterocycles. The lowest BCUT2D eigenvalue weighted by Crippen LogP contribution is -1.98. The molecule has 228 valence electrons. The smallest absolute Gasteiger partial charge is 0.134 e. The van der Waals surface area contributed by atoms with Crippen molar-refractivity contribution >= 4 is 6.29 Å². The van der Waals surface area contributed by atoms with Crippen LogP contribution >= 0.6 is 0 Å². The summed E-state index contributed by atoms with van der Waals surface area (Å²) < 4.78 is 65.0. The molecule has 0 radical (unpaired) electrons. The summed E-state index contributed by atoms with van der Waals surface area (Å²) in [5.41, 5.74) is 2.15. The lowest BCUT2D eigenvalue weighted by atomic mass is 10.1. The second-order valence-electron chi connectivity index (χ2n) is 10.1. The Morgan fingerprint density at radius 3 is 1.40 bits per heavy atom. The lowest BCUT2D eigenvalue weighted by molar-refractivity contribution is -0.107. The van der Waals surface area contributed by atoms with Gasteiger partial charge in [-0.05, 0) is 85.3 Å². The quantitative estimate of drug-likeness (QED) is 0.0780. The molecule has 3 nitrogen and oxygen atoms in total. The van der Waals surface area contributed by atoms with Crippen LogP contribution in [0.15, 0.2) is 84.9 Å². The van der Waals surface area contributed by atoms with Crippen LogP contribution in [0.5, 0.6) is 11.5 Å². The van der Waals surface area contributed by atoms with Gasteiger partial charge in [0.2, 0.25) is 0 Å². The molecule has 0 N–H and O–H groups in total. The minimum atomic E-state index is -0.398. The molecule has 0 aliphatic rings. The van der Waals surface area contributed by atoms with Gasteiger partial charge in [0.15, 0.2) is 0 Å². The van der Waals surface area contributed by atoms with Gasteiger partial charge in [-0.1, -0.05) is 50.5 Å². The summed E-state index contributed by atoms with van der Waals surface area (Å²) in [5.74, 6) is -0.420. The van der Waals surface area contributed by atoms with Gasteiger partial charge < -0.3 is 14.3 Å². The van der Waals surface area contributed by atoms with Crippen LogP contribution in [0.2, 0.25) is 0 Å². The molecule has 0 unspecified atom stereocenters. The fraction of sp³-hybridized carbons (Fsp3) is 0.306. The summed E-state index contributed by atoms with van der Waals surface area (Å²) in [7, 11) is 0. The number of unbranched alkanes of at least 4 members (excludes halogenated alkanes) is 6. The summed E-state index contributed by atoms with van der Waals surface area (Å²) in [4.78, 5) is 10.2. The van der Waals surface area contributed by atoms with Gasteiger partial charge in [0.05, 0.1) is 13.2 Å². The summed E-state index contributed by atoms with van der Waals surface area (Å²) in [6, 6.07) is 21.0. The van der Waals surface area contributed by atoms with E-state index in [1.54, 1.807) is 48.5 Å². The minimum Gasteiger partial charge on any atom is -0.493 e. The Morgan fingerprint density at radius 1 is 0.558 bits per heavy atom. The first-order valence-corrected chi connectivity index (χ1v) is 14.7. The predicted octanol–water partition coefficient (Wildman–Crippen LogP) is 10.4. The van der Waals surface area contributed by atoms with E-state index in [2.05, 4.69) is 6.92 Å². The van der Waals surface area contributed by atoms with Crippen LogP contribution in [0.1, 0.15) is 58.3 Å². The molecule has 7 heteroatoms. The number of carbonyl (C=O) groups excluding carboxylic acids is 1. The van der Waals surface area contributed by atoms with Crippen molar-refractivity contribution in [3.05, 3.63) is 108 Å². The van der Waals surface area contributed by atoms with Gasteiger partial charge in [0.25, 0.3) is 0 Å². The molecular formula is C36H38F4O3. The Balaban J connectivity index is 0.000000236.